The number of hydrogen-bond donors (Lipinski definition) is 3. The van der Waals surface area contributed by atoms with Crippen molar-refractivity contribution in [1.82, 2.24) is 10.2 Å². The minimum absolute atomic E-state index is 0.101. The summed E-state index contributed by atoms with van der Waals surface area (Å²) < 4.78 is 0. The lowest BCUT2D eigenvalue weighted by Gasteiger charge is -2.27. The molecule has 18 heavy (non-hydrogen) atoms. The van der Waals surface area contributed by atoms with Crippen molar-refractivity contribution >= 4 is 23.8 Å². The molecule has 2 aliphatic heterocycles. The smallest absolute Gasteiger partial charge is 0.326 e. The van der Waals surface area contributed by atoms with Gasteiger partial charge in [-0.15, -0.1) is 0 Å². The molecule has 3 N–H and O–H groups in total. The van der Waals surface area contributed by atoms with Crippen molar-refractivity contribution in [2.24, 2.45) is 0 Å². The lowest BCUT2D eigenvalue weighted by atomic mass is 10.1. The van der Waals surface area contributed by atoms with E-state index >= 15 is 0 Å². The van der Waals surface area contributed by atoms with Crippen molar-refractivity contribution in [3.63, 3.8) is 0 Å². The maximum Gasteiger partial charge on any atom is 0.326 e. The van der Waals surface area contributed by atoms with Crippen molar-refractivity contribution in [1.29, 1.82) is 0 Å². The maximum atomic E-state index is 12.0. The van der Waals surface area contributed by atoms with E-state index in [1.54, 1.807) is 0 Å². The number of hydrogen-bond acceptors (Lipinski definition) is 4. The second-order valence-corrected chi connectivity index (χ2v) is 5.96. The molecule has 0 bridgehead atoms. The number of carbonyl (C=O) groups excluding carboxylic acids is 1. The minimum Gasteiger partial charge on any atom is -0.480 e. The first-order valence-corrected chi connectivity index (χ1v) is 7.29. The Morgan fingerprint density at radius 1 is 1.28 bits per heavy atom. The molecule has 2 aliphatic rings. The predicted molar refractivity (Wildman–Crippen MR) is 67.6 cm³/mol. The summed E-state index contributed by atoms with van der Waals surface area (Å²) in [7, 11) is 0. The Balaban J connectivity index is 1.92. The van der Waals surface area contributed by atoms with Gasteiger partial charge in [-0.2, -0.15) is 11.8 Å². The van der Waals surface area contributed by atoms with Crippen LogP contribution in [0.2, 0.25) is 0 Å². The Labute approximate surface area is 110 Å². The number of aliphatic hydroxyl groups excluding tert-OH is 1. The van der Waals surface area contributed by atoms with Gasteiger partial charge in [0.25, 0.3) is 0 Å². The second kappa shape index (κ2) is 5.79. The van der Waals surface area contributed by atoms with E-state index < -0.39 is 18.1 Å². The van der Waals surface area contributed by atoms with E-state index in [0.29, 0.717) is 0 Å². The van der Waals surface area contributed by atoms with Crippen molar-refractivity contribution in [3.05, 3.63) is 0 Å². The van der Waals surface area contributed by atoms with Crippen molar-refractivity contribution in [2.45, 2.75) is 37.5 Å². The molecule has 0 aromatic heterocycles. The lowest BCUT2D eigenvalue weighted by molar-refractivity contribution is -0.141. The molecule has 102 valence electrons. The molecule has 0 saturated carbocycles. The molecule has 2 saturated heterocycles. The van der Waals surface area contributed by atoms with Crippen LogP contribution in [0.4, 0.5) is 4.79 Å². The van der Waals surface area contributed by atoms with Crippen molar-refractivity contribution in [3.8, 4) is 0 Å². The van der Waals surface area contributed by atoms with Gasteiger partial charge in [-0.25, -0.2) is 9.59 Å². The zero-order valence-corrected chi connectivity index (χ0v) is 10.9. The van der Waals surface area contributed by atoms with Crippen LogP contribution < -0.4 is 5.32 Å². The van der Waals surface area contributed by atoms with Crippen LogP contribution in [-0.2, 0) is 4.79 Å². The Morgan fingerprint density at radius 3 is 2.56 bits per heavy atom. The van der Waals surface area contributed by atoms with Gasteiger partial charge < -0.3 is 20.4 Å². The number of carboxylic acid groups (broad SMARTS) is 1. The standard InChI is InChI=1S/C11H18N2O4S/c14-8-5-9(10(15)16)13(6-8)11(17)12-7-1-3-18-4-2-7/h7-9,14H,1-6H2,(H,12,17)(H,15,16)/t8-,9+/m1/s1. The highest BCUT2D eigenvalue weighted by Gasteiger charge is 2.39. The van der Waals surface area contributed by atoms with Gasteiger partial charge in [0.2, 0.25) is 0 Å². The Morgan fingerprint density at radius 2 is 1.94 bits per heavy atom. The first kappa shape index (κ1) is 13.5. The third-order valence-electron chi connectivity index (χ3n) is 3.37. The number of β-amino-alcohol motifs (C(OH)–C–C–N with tert-alkyl or cyclic N) is 1. The Hall–Kier alpha value is -0.950. The number of carbonyl (C=O) groups is 2. The molecule has 2 rings (SSSR count). The van der Waals surface area contributed by atoms with Crippen LogP contribution in [0, 0.1) is 0 Å². The summed E-state index contributed by atoms with van der Waals surface area (Å²) >= 11 is 1.86. The number of nitrogens with zero attached hydrogens (tertiary/aromatic N) is 1. The van der Waals surface area contributed by atoms with Gasteiger partial charge in [0, 0.05) is 19.0 Å². The van der Waals surface area contributed by atoms with Gasteiger partial charge >= 0.3 is 12.0 Å². The number of likely N-dealkylation sites (tertiary alicyclic amines) is 1. The maximum absolute atomic E-state index is 12.0. The highest BCUT2D eigenvalue weighted by Crippen LogP contribution is 2.20. The summed E-state index contributed by atoms with van der Waals surface area (Å²) in [4.78, 5) is 24.3. The van der Waals surface area contributed by atoms with E-state index in [9.17, 15) is 14.7 Å². The topological polar surface area (TPSA) is 89.9 Å². The SMILES string of the molecule is O=C(O)[C@@H]1C[C@@H](O)CN1C(=O)NC1CCSCC1. The van der Waals surface area contributed by atoms with Crippen molar-refractivity contribution in [2.75, 3.05) is 18.1 Å². The molecule has 0 unspecified atom stereocenters. The second-order valence-electron chi connectivity index (χ2n) is 4.73. The zero-order chi connectivity index (χ0) is 13.1. The molecule has 2 amide bonds. The van der Waals surface area contributed by atoms with Gasteiger partial charge in [-0.1, -0.05) is 0 Å². The summed E-state index contributed by atoms with van der Waals surface area (Å²) in [5, 5.41) is 21.4. The summed E-state index contributed by atoms with van der Waals surface area (Å²) in [6.45, 7) is 0.101. The third kappa shape index (κ3) is 3.08. The highest BCUT2D eigenvalue weighted by molar-refractivity contribution is 7.99. The number of aliphatic carboxylic acids is 1. The van der Waals surface area contributed by atoms with E-state index in [2.05, 4.69) is 5.32 Å². The van der Waals surface area contributed by atoms with Gasteiger partial charge in [0.1, 0.15) is 6.04 Å². The summed E-state index contributed by atoms with van der Waals surface area (Å²) in [5.41, 5.74) is 0. The quantitative estimate of drug-likeness (QED) is 0.665. The molecule has 0 aromatic carbocycles. The molecule has 2 atom stereocenters. The van der Waals surface area contributed by atoms with Crippen LogP contribution in [0.1, 0.15) is 19.3 Å². The molecule has 7 heteroatoms. The third-order valence-corrected chi connectivity index (χ3v) is 4.42. The van der Waals surface area contributed by atoms with Crippen LogP contribution >= 0.6 is 11.8 Å². The van der Waals surface area contributed by atoms with Crippen LogP contribution in [-0.4, -0.2) is 63.4 Å². The number of aliphatic hydroxyl groups is 1. The monoisotopic (exact) mass is 274 g/mol. The molecular weight excluding hydrogens is 256 g/mol. The number of carboxylic acids is 1. The Bertz CT molecular complexity index is 333. The van der Waals surface area contributed by atoms with Crippen LogP contribution in [0.5, 0.6) is 0 Å². The van der Waals surface area contributed by atoms with Crippen LogP contribution in [0.3, 0.4) is 0 Å². The van der Waals surface area contributed by atoms with Gasteiger partial charge in [0.15, 0.2) is 0 Å². The van der Waals surface area contributed by atoms with Crippen LogP contribution in [0.15, 0.2) is 0 Å². The number of rotatable bonds is 2. The number of nitrogens with one attached hydrogen (secondary N) is 1. The van der Waals surface area contributed by atoms with Gasteiger partial charge in [-0.3, -0.25) is 0 Å². The molecule has 0 aromatic rings. The first-order valence-electron chi connectivity index (χ1n) is 6.13. The summed E-state index contributed by atoms with van der Waals surface area (Å²) in [6.07, 6.45) is 1.22. The zero-order valence-electron chi connectivity index (χ0n) is 10.0. The number of thioether (sulfide) groups is 1. The van der Waals surface area contributed by atoms with E-state index in [1.807, 2.05) is 11.8 Å². The molecule has 2 fully saturated rings. The summed E-state index contributed by atoms with van der Waals surface area (Å²) in [6, 6.07) is -1.14. The fourth-order valence-corrected chi connectivity index (χ4v) is 3.48. The number of urea groups is 1. The largest absolute Gasteiger partial charge is 0.480 e. The van der Waals surface area contributed by atoms with E-state index in [4.69, 9.17) is 5.11 Å². The fraction of sp³-hybridized carbons (Fsp3) is 0.818. The van der Waals surface area contributed by atoms with E-state index in [1.165, 1.54) is 4.90 Å². The predicted octanol–water partition coefficient (Wildman–Crippen LogP) is 0.111. The minimum atomic E-state index is -1.05. The molecule has 0 aliphatic carbocycles. The van der Waals surface area contributed by atoms with Crippen molar-refractivity contribution < 1.29 is 19.8 Å². The normalized spacial score (nSPS) is 29.3. The first-order chi connectivity index (χ1) is 8.58. The highest BCUT2D eigenvalue weighted by atomic mass is 32.2. The molecular formula is C11H18N2O4S. The molecule has 0 radical (unpaired) electrons. The average molecular weight is 274 g/mol. The fourth-order valence-electron chi connectivity index (χ4n) is 2.37. The number of amides is 2. The Kier molecular flexibility index (Phi) is 4.34. The average Bonchev–Trinajstić information content (AvgIpc) is 2.73. The molecule has 6 nitrogen and oxygen atoms in total. The van der Waals surface area contributed by atoms with Crippen LogP contribution in [0.25, 0.3) is 0 Å². The summed E-state index contributed by atoms with van der Waals surface area (Å²) in [5.74, 6) is 0.993. The lowest BCUT2D eigenvalue weighted by Crippen LogP contribution is -2.50. The van der Waals surface area contributed by atoms with E-state index in [-0.39, 0.29) is 25.0 Å². The van der Waals surface area contributed by atoms with Gasteiger partial charge in [0.05, 0.1) is 6.10 Å². The van der Waals surface area contributed by atoms with E-state index in [0.717, 1.165) is 24.3 Å². The molecule has 2 heterocycles. The molecule has 0 spiro atoms. The van der Waals surface area contributed by atoms with Gasteiger partial charge in [-0.05, 0) is 24.3 Å².